The lowest BCUT2D eigenvalue weighted by molar-refractivity contribution is -0.148. The van der Waals surface area contributed by atoms with Gasteiger partial charge in [0, 0.05) is 19.1 Å². The Morgan fingerprint density at radius 3 is 2.60 bits per heavy atom. The normalized spacial score (nSPS) is 41.5. The van der Waals surface area contributed by atoms with Gasteiger partial charge < -0.3 is 4.90 Å². The fourth-order valence-electron chi connectivity index (χ4n) is 3.78. The number of hydrogen-bond donors (Lipinski definition) is 0. The predicted molar refractivity (Wildman–Crippen MR) is 58.5 cm³/mol. The third-order valence-corrected chi connectivity index (χ3v) is 4.54. The number of amides is 1. The summed E-state index contributed by atoms with van der Waals surface area (Å²) in [5, 5.41) is 0. The first-order valence-electron chi connectivity index (χ1n) is 6.31. The Hall–Kier alpha value is -0.570. The highest BCUT2D eigenvalue weighted by atomic mass is 16.2. The summed E-state index contributed by atoms with van der Waals surface area (Å²) in [4.78, 5) is 16.7. The number of carbonyl (C=O) groups excluding carboxylic acids is 1. The molecule has 84 valence electrons. The topological polar surface area (TPSA) is 23.6 Å². The molecule has 3 heteroatoms. The Bertz CT molecular complexity index is 277. The lowest BCUT2D eigenvalue weighted by Crippen LogP contribution is -2.64. The number of piperazine rings is 1. The van der Waals surface area contributed by atoms with E-state index in [9.17, 15) is 4.79 Å². The molecule has 2 saturated heterocycles. The minimum Gasteiger partial charge on any atom is -0.340 e. The molecule has 0 aromatic heterocycles. The van der Waals surface area contributed by atoms with Crippen LogP contribution in [0.15, 0.2) is 0 Å². The van der Waals surface area contributed by atoms with Crippen molar-refractivity contribution in [2.24, 2.45) is 0 Å². The van der Waals surface area contributed by atoms with Crippen LogP contribution in [0.2, 0.25) is 0 Å². The maximum absolute atomic E-state index is 12.1. The summed E-state index contributed by atoms with van der Waals surface area (Å²) in [7, 11) is 2.01. The first-order valence-corrected chi connectivity index (χ1v) is 6.31. The molecule has 3 nitrogen and oxygen atoms in total. The molecule has 0 aromatic rings. The molecule has 15 heavy (non-hydrogen) atoms. The van der Waals surface area contributed by atoms with E-state index >= 15 is 0 Å². The zero-order valence-corrected chi connectivity index (χ0v) is 9.48. The summed E-state index contributed by atoms with van der Waals surface area (Å²) in [6, 6.07) is 1.42. The smallest absolute Gasteiger partial charge is 0.239 e. The Morgan fingerprint density at radius 1 is 1.07 bits per heavy atom. The summed E-state index contributed by atoms with van der Waals surface area (Å²) in [6.45, 7) is 1.16. The van der Waals surface area contributed by atoms with Crippen molar-refractivity contribution in [3.8, 4) is 0 Å². The minimum atomic E-state index is 0.231. The summed E-state index contributed by atoms with van der Waals surface area (Å²) < 4.78 is 0. The van der Waals surface area contributed by atoms with Crippen LogP contribution in [0, 0.1) is 0 Å². The van der Waals surface area contributed by atoms with E-state index < -0.39 is 0 Å². The van der Waals surface area contributed by atoms with Crippen molar-refractivity contribution in [1.82, 2.24) is 9.80 Å². The summed E-state index contributed by atoms with van der Waals surface area (Å²) in [5.41, 5.74) is 0. The zero-order chi connectivity index (χ0) is 10.4. The van der Waals surface area contributed by atoms with Gasteiger partial charge in [0.2, 0.25) is 5.91 Å². The van der Waals surface area contributed by atoms with Gasteiger partial charge in [-0.05, 0) is 32.2 Å². The molecule has 0 bridgehead atoms. The van der Waals surface area contributed by atoms with Crippen LogP contribution < -0.4 is 0 Å². The first kappa shape index (κ1) is 9.64. The average molecular weight is 208 g/mol. The fraction of sp³-hybridized carbons (Fsp3) is 0.917. The van der Waals surface area contributed by atoms with Crippen LogP contribution in [0.5, 0.6) is 0 Å². The molecule has 3 rings (SSSR count). The van der Waals surface area contributed by atoms with Crippen molar-refractivity contribution in [2.45, 2.75) is 56.7 Å². The molecule has 1 saturated carbocycles. The molecule has 0 N–H and O–H groups in total. The highest BCUT2D eigenvalue weighted by molar-refractivity contribution is 5.83. The summed E-state index contributed by atoms with van der Waals surface area (Å²) in [6.07, 6.45) is 7.48. The van der Waals surface area contributed by atoms with Crippen LogP contribution in [0.25, 0.3) is 0 Å². The van der Waals surface area contributed by atoms with Crippen molar-refractivity contribution in [2.75, 3.05) is 13.6 Å². The maximum Gasteiger partial charge on any atom is 0.239 e. The van der Waals surface area contributed by atoms with Gasteiger partial charge in [0.15, 0.2) is 0 Å². The molecule has 3 fully saturated rings. The predicted octanol–water partition coefficient (Wildman–Crippen LogP) is 1.23. The number of rotatable bonds is 0. The molecule has 3 aliphatic rings. The third kappa shape index (κ3) is 1.32. The van der Waals surface area contributed by atoms with Gasteiger partial charge in [-0.15, -0.1) is 0 Å². The van der Waals surface area contributed by atoms with E-state index in [0.29, 0.717) is 18.0 Å². The van der Waals surface area contributed by atoms with Crippen LogP contribution >= 0.6 is 0 Å². The Balaban J connectivity index is 1.89. The van der Waals surface area contributed by atoms with Gasteiger partial charge in [-0.2, -0.15) is 0 Å². The van der Waals surface area contributed by atoms with E-state index in [1.165, 1.54) is 32.1 Å². The van der Waals surface area contributed by atoms with Gasteiger partial charge in [0.05, 0.1) is 6.04 Å². The van der Waals surface area contributed by atoms with Gasteiger partial charge in [0.25, 0.3) is 0 Å². The quantitative estimate of drug-likeness (QED) is 0.598. The van der Waals surface area contributed by atoms with Crippen LogP contribution in [-0.4, -0.2) is 47.4 Å². The number of likely N-dealkylation sites (N-methyl/N-ethyl adjacent to an activating group) is 1. The molecular weight excluding hydrogens is 188 g/mol. The van der Waals surface area contributed by atoms with E-state index in [1.807, 2.05) is 7.05 Å². The van der Waals surface area contributed by atoms with Gasteiger partial charge >= 0.3 is 0 Å². The Labute approximate surface area is 91.4 Å². The second kappa shape index (κ2) is 3.48. The molecular formula is C12H20N2O. The molecule has 2 aliphatic heterocycles. The van der Waals surface area contributed by atoms with Crippen LogP contribution in [0.1, 0.15) is 38.5 Å². The number of hydrogen-bond acceptors (Lipinski definition) is 2. The average Bonchev–Trinajstić information content (AvgIpc) is 2.75. The Kier molecular flexibility index (Phi) is 2.23. The lowest BCUT2D eigenvalue weighted by Gasteiger charge is -2.49. The zero-order valence-electron chi connectivity index (χ0n) is 9.48. The first-order chi connectivity index (χ1) is 7.29. The van der Waals surface area contributed by atoms with Crippen molar-refractivity contribution in [1.29, 1.82) is 0 Å². The van der Waals surface area contributed by atoms with Crippen LogP contribution in [0.3, 0.4) is 0 Å². The second-order valence-electron chi connectivity index (χ2n) is 5.26. The van der Waals surface area contributed by atoms with Crippen molar-refractivity contribution < 1.29 is 4.79 Å². The van der Waals surface area contributed by atoms with Gasteiger partial charge in [-0.3, -0.25) is 9.69 Å². The number of nitrogens with zero attached hydrogens (tertiary/aromatic N) is 2. The largest absolute Gasteiger partial charge is 0.340 e. The van der Waals surface area contributed by atoms with Crippen molar-refractivity contribution in [3.63, 3.8) is 0 Å². The highest BCUT2D eigenvalue weighted by Gasteiger charge is 2.47. The third-order valence-electron chi connectivity index (χ3n) is 4.54. The summed E-state index contributed by atoms with van der Waals surface area (Å²) in [5.74, 6) is 0.385. The van der Waals surface area contributed by atoms with E-state index in [2.05, 4.69) is 9.80 Å². The minimum absolute atomic E-state index is 0.231. The fourth-order valence-corrected chi connectivity index (χ4v) is 3.78. The van der Waals surface area contributed by atoms with E-state index in [0.717, 1.165) is 13.0 Å². The number of carbonyl (C=O) groups is 1. The van der Waals surface area contributed by atoms with Crippen molar-refractivity contribution >= 4 is 5.91 Å². The molecule has 0 spiro atoms. The van der Waals surface area contributed by atoms with E-state index in [4.69, 9.17) is 0 Å². The molecule has 0 radical (unpaired) electrons. The monoisotopic (exact) mass is 208 g/mol. The highest BCUT2D eigenvalue weighted by Crippen LogP contribution is 2.36. The van der Waals surface area contributed by atoms with E-state index in [1.54, 1.807) is 0 Å². The molecule has 3 atom stereocenters. The SMILES string of the molecule is CN1C(=O)[C@@H]2CCCN2[C@@H]2CCCC[C@H]21. The Morgan fingerprint density at radius 2 is 1.80 bits per heavy atom. The van der Waals surface area contributed by atoms with Crippen LogP contribution in [0.4, 0.5) is 0 Å². The molecule has 0 unspecified atom stereocenters. The molecule has 2 heterocycles. The molecule has 0 aromatic carbocycles. The number of fused-ring (bicyclic) bond motifs is 3. The van der Waals surface area contributed by atoms with E-state index in [-0.39, 0.29) is 6.04 Å². The van der Waals surface area contributed by atoms with Crippen molar-refractivity contribution in [3.05, 3.63) is 0 Å². The lowest BCUT2D eigenvalue weighted by atomic mass is 9.85. The molecule has 1 aliphatic carbocycles. The second-order valence-corrected chi connectivity index (χ2v) is 5.26. The van der Waals surface area contributed by atoms with Gasteiger partial charge in [-0.25, -0.2) is 0 Å². The van der Waals surface area contributed by atoms with Crippen LogP contribution in [-0.2, 0) is 4.79 Å². The standard InChI is InChI=1S/C12H20N2O/c1-13-9-5-2-3-6-10(9)14-8-4-7-11(14)12(13)15/h9-11H,2-8H2,1H3/t9-,10-,11+/m1/s1. The maximum atomic E-state index is 12.1. The van der Waals surface area contributed by atoms with Gasteiger partial charge in [0.1, 0.15) is 0 Å². The summed E-state index contributed by atoms with van der Waals surface area (Å²) >= 11 is 0. The molecule has 1 amide bonds. The van der Waals surface area contributed by atoms with Gasteiger partial charge in [-0.1, -0.05) is 12.8 Å².